The standard InChI is InChI=1S/C17H25ClFN5O/c1-2-21-17(23-14-6-9-24(10-7-14)16(20)25)22-8-5-12-3-4-13(19)11-15(12)18/h3-4,11,14H,2,5-10H2,1H3,(H2,20,25)(H2,21,22,23). The van der Waals surface area contributed by atoms with Crippen molar-refractivity contribution in [1.29, 1.82) is 0 Å². The molecule has 0 spiro atoms. The van der Waals surface area contributed by atoms with E-state index in [1.54, 1.807) is 11.0 Å². The van der Waals surface area contributed by atoms with Crippen molar-refractivity contribution in [2.45, 2.75) is 32.2 Å². The van der Waals surface area contributed by atoms with E-state index in [1.807, 2.05) is 6.92 Å². The molecule has 0 aliphatic carbocycles. The number of halogens is 2. The number of hydrogen-bond donors (Lipinski definition) is 3. The molecule has 1 fully saturated rings. The largest absolute Gasteiger partial charge is 0.357 e. The molecule has 2 rings (SSSR count). The van der Waals surface area contributed by atoms with Gasteiger partial charge < -0.3 is 21.3 Å². The van der Waals surface area contributed by atoms with Gasteiger partial charge in [0.1, 0.15) is 5.82 Å². The molecule has 1 aliphatic heterocycles. The summed E-state index contributed by atoms with van der Waals surface area (Å²) in [6.07, 6.45) is 2.30. The molecule has 0 radical (unpaired) electrons. The van der Waals surface area contributed by atoms with Crippen LogP contribution in [0, 0.1) is 5.82 Å². The topological polar surface area (TPSA) is 82.8 Å². The zero-order valence-electron chi connectivity index (χ0n) is 14.4. The SMILES string of the molecule is CCNC(=NCCc1ccc(F)cc1Cl)NC1CCN(C(N)=O)CC1. The van der Waals surface area contributed by atoms with Crippen molar-refractivity contribution < 1.29 is 9.18 Å². The Kier molecular flexibility index (Phi) is 7.31. The normalized spacial score (nSPS) is 16.0. The molecular weight excluding hydrogens is 345 g/mol. The first-order valence-corrected chi connectivity index (χ1v) is 8.90. The highest BCUT2D eigenvalue weighted by Gasteiger charge is 2.21. The molecule has 1 aromatic rings. The maximum absolute atomic E-state index is 13.1. The summed E-state index contributed by atoms with van der Waals surface area (Å²) in [5, 5.41) is 7.03. The number of benzene rings is 1. The molecule has 0 unspecified atom stereocenters. The molecular formula is C17H25ClFN5O. The first-order valence-electron chi connectivity index (χ1n) is 8.52. The van der Waals surface area contributed by atoms with E-state index >= 15 is 0 Å². The molecule has 0 aromatic heterocycles. The van der Waals surface area contributed by atoms with E-state index < -0.39 is 0 Å². The van der Waals surface area contributed by atoms with Crippen LogP contribution in [0.25, 0.3) is 0 Å². The minimum Gasteiger partial charge on any atom is -0.357 e. The summed E-state index contributed by atoms with van der Waals surface area (Å²) in [7, 11) is 0. The minimum absolute atomic E-state index is 0.253. The number of carbonyl (C=O) groups excluding carboxylic acids is 1. The van der Waals surface area contributed by atoms with E-state index in [4.69, 9.17) is 17.3 Å². The number of amides is 2. The van der Waals surface area contributed by atoms with Gasteiger partial charge in [-0.15, -0.1) is 0 Å². The lowest BCUT2D eigenvalue weighted by Crippen LogP contribution is -2.50. The Morgan fingerprint density at radius 3 is 2.76 bits per heavy atom. The van der Waals surface area contributed by atoms with Crippen LogP contribution in [0.4, 0.5) is 9.18 Å². The Hall–Kier alpha value is -2.02. The van der Waals surface area contributed by atoms with Crippen molar-refractivity contribution in [2.24, 2.45) is 10.7 Å². The molecule has 0 atom stereocenters. The number of aliphatic imine (C=N–C) groups is 1. The lowest BCUT2D eigenvalue weighted by atomic mass is 10.1. The van der Waals surface area contributed by atoms with E-state index in [0.717, 1.165) is 30.9 Å². The van der Waals surface area contributed by atoms with Gasteiger partial charge in [-0.05, 0) is 43.9 Å². The molecule has 8 heteroatoms. The van der Waals surface area contributed by atoms with Crippen molar-refractivity contribution in [3.63, 3.8) is 0 Å². The van der Waals surface area contributed by atoms with Crippen molar-refractivity contribution in [2.75, 3.05) is 26.2 Å². The number of likely N-dealkylation sites (tertiary alicyclic amines) is 1. The fraction of sp³-hybridized carbons (Fsp3) is 0.529. The smallest absolute Gasteiger partial charge is 0.314 e. The van der Waals surface area contributed by atoms with Gasteiger partial charge in [0.25, 0.3) is 0 Å². The van der Waals surface area contributed by atoms with Crippen LogP contribution in [0.5, 0.6) is 0 Å². The zero-order valence-corrected chi connectivity index (χ0v) is 15.2. The Balaban J connectivity index is 1.87. The van der Waals surface area contributed by atoms with Gasteiger partial charge in [0, 0.05) is 37.2 Å². The summed E-state index contributed by atoms with van der Waals surface area (Å²) in [5.74, 6) is 0.396. The van der Waals surface area contributed by atoms with Gasteiger partial charge in [0.05, 0.1) is 0 Å². The highest BCUT2D eigenvalue weighted by molar-refractivity contribution is 6.31. The van der Waals surface area contributed by atoms with Gasteiger partial charge in [0.2, 0.25) is 0 Å². The van der Waals surface area contributed by atoms with Crippen molar-refractivity contribution in [3.05, 3.63) is 34.6 Å². The number of rotatable bonds is 5. The molecule has 0 bridgehead atoms. The number of nitrogens with two attached hydrogens (primary N) is 1. The predicted molar refractivity (Wildman–Crippen MR) is 98.4 cm³/mol. The number of nitrogens with zero attached hydrogens (tertiary/aromatic N) is 2. The monoisotopic (exact) mass is 369 g/mol. The van der Waals surface area contributed by atoms with Crippen LogP contribution in [0.2, 0.25) is 5.02 Å². The Labute approximate surface area is 152 Å². The molecule has 4 N–H and O–H groups in total. The molecule has 1 aliphatic rings. The second-order valence-corrected chi connectivity index (χ2v) is 6.40. The number of guanidine groups is 1. The van der Waals surface area contributed by atoms with Crippen LogP contribution < -0.4 is 16.4 Å². The fourth-order valence-electron chi connectivity index (χ4n) is 2.77. The maximum atomic E-state index is 13.1. The van der Waals surface area contributed by atoms with Gasteiger partial charge >= 0.3 is 6.03 Å². The molecule has 6 nitrogen and oxygen atoms in total. The van der Waals surface area contributed by atoms with Crippen LogP contribution in [0.1, 0.15) is 25.3 Å². The van der Waals surface area contributed by atoms with Gasteiger partial charge in [-0.1, -0.05) is 17.7 Å². The average Bonchev–Trinajstić information content (AvgIpc) is 2.57. The highest BCUT2D eigenvalue weighted by atomic mass is 35.5. The number of carbonyl (C=O) groups is 1. The number of piperidine rings is 1. The fourth-order valence-corrected chi connectivity index (χ4v) is 3.03. The zero-order chi connectivity index (χ0) is 18.2. The van der Waals surface area contributed by atoms with Crippen LogP contribution in [0.15, 0.2) is 23.2 Å². The number of urea groups is 1. The number of hydrogen-bond acceptors (Lipinski definition) is 2. The summed E-state index contributed by atoms with van der Waals surface area (Å²) in [6, 6.07) is 4.29. The van der Waals surface area contributed by atoms with Crippen molar-refractivity contribution >= 4 is 23.6 Å². The van der Waals surface area contributed by atoms with E-state index in [9.17, 15) is 9.18 Å². The molecule has 2 amide bonds. The summed E-state index contributed by atoms with van der Waals surface area (Å²) >= 11 is 6.04. The van der Waals surface area contributed by atoms with E-state index in [0.29, 0.717) is 31.1 Å². The third kappa shape index (κ3) is 6.08. The van der Waals surface area contributed by atoms with Gasteiger partial charge in [-0.3, -0.25) is 4.99 Å². The molecule has 1 heterocycles. The van der Waals surface area contributed by atoms with E-state index in [-0.39, 0.29) is 17.9 Å². The maximum Gasteiger partial charge on any atom is 0.314 e. The van der Waals surface area contributed by atoms with E-state index in [2.05, 4.69) is 15.6 Å². The third-order valence-corrected chi connectivity index (χ3v) is 4.51. The average molecular weight is 370 g/mol. The summed E-state index contributed by atoms with van der Waals surface area (Å²) in [6.45, 7) is 4.60. The molecule has 138 valence electrons. The second kappa shape index (κ2) is 9.46. The summed E-state index contributed by atoms with van der Waals surface area (Å²) < 4.78 is 13.1. The number of nitrogens with one attached hydrogen (secondary N) is 2. The van der Waals surface area contributed by atoms with Gasteiger partial charge in [-0.25, -0.2) is 9.18 Å². The Morgan fingerprint density at radius 1 is 1.44 bits per heavy atom. The second-order valence-electron chi connectivity index (χ2n) is 5.99. The number of primary amides is 1. The third-order valence-electron chi connectivity index (χ3n) is 4.16. The Bertz CT molecular complexity index is 617. The van der Waals surface area contributed by atoms with Crippen LogP contribution in [-0.4, -0.2) is 49.1 Å². The highest BCUT2D eigenvalue weighted by Crippen LogP contribution is 2.17. The first-order chi connectivity index (χ1) is 12.0. The van der Waals surface area contributed by atoms with Gasteiger partial charge in [-0.2, -0.15) is 0 Å². The van der Waals surface area contributed by atoms with Crippen LogP contribution in [-0.2, 0) is 6.42 Å². The minimum atomic E-state index is -0.366. The summed E-state index contributed by atoms with van der Waals surface area (Å²) in [5.41, 5.74) is 6.17. The van der Waals surface area contributed by atoms with E-state index in [1.165, 1.54) is 12.1 Å². The molecule has 1 aromatic carbocycles. The van der Waals surface area contributed by atoms with Gasteiger partial charge in [0.15, 0.2) is 5.96 Å². The summed E-state index contributed by atoms with van der Waals surface area (Å²) in [4.78, 5) is 17.4. The predicted octanol–water partition coefficient (Wildman–Crippen LogP) is 2.12. The Morgan fingerprint density at radius 2 is 2.16 bits per heavy atom. The van der Waals surface area contributed by atoms with Crippen molar-refractivity contribution in [1.82, 2.24) is 15.5 Å². The lowest BCUT2D eigenvalue weighted by molar-refractivity contribution is 0.188. The van der Waals surface area contributed by atoms with Crippen LogP contribution in [0.3, 0.4) is 0 Å². The first kappa shape index (κ1) is 19.3. The molecule has 25 heavy (non-hydrogen) atoms. The lowest BCUT2D eigenvalue weighted by Gasteiger charge is -2.32. The van der Waals surface area contributed by atoms with Crippen LogP contribution >= 0.6 is 11.6 Å². The van der Waals surface area contributed by atoms with Crippen molar-refractivity contribution in [3.8, 4) is 0 Å². The molecule has 0 saturated carbocycles. The molecule has 1 saturated heterocycles. The quantitative estimate of drug-likeness (QED) is 0.549.